The van der Waals surface area contributed by atoms with Gasteiger partial charge in [0.25, 0.3) is 0 Å². The van der Waals surface area contributed by atoms with Crippen molar-refractivity contribution in [1.82, 2.24) is 5.06 Å². The van der Waals surface area contributed by atoms with E-state index in [0.29, 0.717) is 0 Å². The highest BCUT2D eigenvalue weighted by Crippen LogP contribution is 2.02. The summed E-state index contributed by atoms with van der Waals surface area (Å²) in [6.07, 6.45) is 6.53. The van der Waals surface area contributed by atoms with Crippen LogP contribution >= 0.6 is 0 Å². The summed E-state index contributed by atoms with van der Waals surface area (Å²) in [6, 6.07) is 0. The van der Waals surface area contributed by atoms with E-state index in [9.17, 15) is 0 Å². The second-order valence-corrected chi connectivity index (χ2v) is 3.06. The van der Waals surface area contributed by atoms with E-state index < -0.39 is 0 Å². The molecule has 0 spiro atoms. The fourth-order valence-corrected chi connectivity index (χ4v) is 0.953. The van der Waals surface area contributed by atoms with Crippen molar-refractivity contribution >= 4 is 0 Å². The SMILES string of the molecule is CCCCCCCON(C)C. The van der Waals surface area contributed by atoms with Gasteiger partial charge in [-0.3, -0.25) is 4.84 Å². The number of rotatable bonds is 7. The average molecular weight is 159 g/mol. The molecule has 0 unspecified atom stereocenters. The number of nitrogens with zero attached hydrogens (tertiary/aromatic N) is 1. The summed E-state index contributed by atoms with van der Waals surface area (Å²) in [5.41, 5.74) is 0. The zero-order chi connectivity index (χ0) is 8.53. The summed E-state index contributed by atoms with van der Waals surface area (Å²) >= 11 is 0. The molecule has 0 saturated carbocycles. The van der Waals surface area contributed by atoms with Crippen molar-refractivity contribution in [1.29, 1.82) is 0 Å². The van der Waals surface area contributed by atoms with Crippen LogP contribution in [0, 0.1) is 0 Å². The van der Waals surface area contributed by atoms with Crippen LogP contribution in [0.25, 0.3) is 0 Å². The van der Waals surface area contributed by atoms with Gasteiger partial charge in [0.05, 0.1) is 6.61 Å². The van der Waals surface area contributed by atoms with Gasteiger partial charge >= 0.3 is 0 Å². The Kier molecular flexibility index (Phi) is 7.96. The van der Waals surface area contributed by atoms with Gasteiger partial charge in [-0.25, -0.2) is 0 Å². The molecular weight excluding hydrogens is 138 g/mol. The van der Waals surface area contributed by atoms with Gasteiger partial charge in [-0.1, -0.05) is 32.6 Å². The van der Waals surface area contributed by atoms with Crippen molar-refractivity contribution in [2.45, 2.75) is 39.0 Å². The largest absolute Gasteiger partial charge is 0.300 e. The van der Waals surface area contributed by atoms with Crippen LogP contribution in [0.3, 0.4) is 0 Å². The van der Waals surface area contributed by atoms with Gasteiger partial charge in [-0.15, -0.1) is 0 Å². The van der Waals surface area contributed by atoms with Crippen molar-refractivity contribution in [2.24, 2.45) is 0 Å². The van der Waals surface area contributed by atoms with Gasteiger partial charge in [0.2, 0.25) is 0 Å². The molecule has 0 aliphatic rings. The average Bonchev–Trinajstić information content (AvgIpc) is 1.96. The molecule has 0 aliphatic heterocycles. The third kappa shape index (κ3) is 9.92. The predicted molar refractivity (Wildman–Crippen MR) is 48.4 cm³/mol. The molecule has 0 fully saturated rings. The summed E-state index contributed by atoms with van der Waals surface area (Å²) in [7, 11) is 3.85. The Hall–Kier alpha value is -0.0800. The summed E-state index contributed by atoms with van der Waals surface area (Å²) in [5, 5.41) is 1.76. The van der Waals surface area contributed by atoms with Crippen LogP contribution in [-0.2, 0) is 4.84 Å². The van der Waals surface area contributed by atoms with E-state index in [4.69, 9.17) is 4.84 Å². The summed E-state index contributed by atoms with van der Waals surface area (Å²) in [6.45, 7) is 3.10. The van der Waals surface area contributed by atoms with Crippen LogP contribution in [-0.4, -0.2) is 25.8 Å². The lowest BCUT2D eigenvalue weighted by atomic mass is 10.2. The minimum Gasteiger partial charge on any atom is -0.300 e. The normalized spacial score (nSPS) is 10.9. The molecule has 0 atom stereocenters. The number of hydroxylamine groups is 2. The first-order valence-corrected chi connectivity index (χ1v) is 4.57. The lowest BCUT2D eigenvalue weighted by Gasteiger charge is -2.09. The Morgan fingerprint density at radius 2 is 1.64 bits per heavy atom. The third-order valence-corrected chi connectivity index (χ3v) is 1.60. The molecule has 0 amide bonds. The molecule has 0 aromatic carbocycles. The lowest BCUT2D eigenvalue weighted by Crippen LogP contribution is -2.13. The van der Waals surface area contributed by atoms with Crippen LogP contribution in [0.4, 0.5) is 0 Å². The fraction of sp³-hybridized carbons (Fsp3) is 1.00. The maximum atomic E-state index is 5.26. The molecule has 2 heteroatoms. The Morgan fingerprint density at radius 1 is 1.00 bits per heavy atom. The number of hydrogen-bond acceptors (Lipinski definition) is 2. The molecule has 0 aromatic heterocycles. The topological polar surface area (TPSA) is 12.5 Å². The predicted octanol–water partition coefficient (Wildman–Crippen LogP) is 2.45. The molecule has 0 aromatic rings. The highest BCUT2D eigenvalue weighted by Gasteiger charge is 1.90. The van der Waals surface area contributed by atoms with Crippen molar-refractivity contribution in [3.05, 3.63) is 0 Å². The van der Waals surface area contributed by atoms with Crippen molar-refractivity contribution in [3.8, 4) is 0 Å². The Morgan fingerprint density at radius 3 is 2.18 bits per heavy atom. The van der Waals surface area contributed by atoms with Gasteiger partial charge in [-0.2, -0.15) is 5.06 Å². The zero-order valence-corrected chi connectivity index (χ0v) is 8.10. The first-order chi connectivity index (χ1) is 5.27. The monoisotopic (exact) mass is 159 g/mol. The van der Waals surface area contributed by atoms with E-state index in [-0.39, 0.29) is 0 Å². The molecule has 11 heavy (non-hydrogen) atoms. The van der Waals surface area contributed by atoms with E-state index in [2.05, 4.69) is 6.92 Å². The van der Waals surface area contributed by atoms with E-state index in [0.717, 1.165) is 6.61 Å². The van der Waals surface area contributed by atoms with E-state index >= 15 is 0 Å². The van der Waals surface area contributed by atoms with E-state index in [1.54, 1.807) is 5.06 Å². The van der Waals surface area contributed by atoms with Gasteiger partial charge in [0.1, 0.15) is 0 Å². The van der Waals surface area contributed by atoms with E-state index in [1.165, 1.54) is 32.1 Å². The maximum absolute atomic E-state index is 5.26. The highest BCUT2D eigenvalue weighted by atomic mass is 16.7. The second kappa shape index (κ2) is 8.02. The van der Waals surface area contributed by atoms with E-state index in [1.807, 2.05) is 14.1 Å². The van der Waals surface area contributed by atoms with Crippen LogP contribution in [0.15, 0.2) is 0 Å². The van der Waals surface area contributed by atoms with Gasteiger partial charge in [-0.05, 0) is 6.42 Å². The first kappa shape index (κ1) is 10.9. The quantitative estimate of drug-likeness (QED) is 0.418. The molecule has 0 saturated heterocycles. The van der Waals surface area contributed by atoms with Crippen LogP contribution in [0.2, 0.25) is 0 Å². The van der Waals surface area contributed by atoms with Crippen LogP contribution in [0.5, 0.6) is 0 Å². The smallest absolute Gasteiger partial charge is 0.0684 e. The third-order valence-electron chi connectivity index (χ3n) is 1.60. The van der Waals surface area contributed by atoms with Crippen molar-refractivity contribution < 1.29 is 4.84 Å². The molecule has 68 valence electrons. The van der Waals surface area contributed by atoms with Gasteiger partial charge in [0, 0.05) is 14.1 Å². The fourth-order valence-electron chi connectivity index (χ4n) is 0.953. The molecule has 0 aliphatic carbocycles. The number of unbranched alkanes of at least 4 members (excludes halogenated alkanes) is 4. The van der Waals surface area contributed by atoms with Gasteiger partial charge < -0.3 is 0 Å². The van der Waals surface area contributed by atoms with Crippen LogP contribution < -0.4 is 0 Å². The lowest BCUT2D eigenvalue weighted by molar-refractivity contribution is -0.120. The second-order valence-electron chi connectivity index (χ2n) is 3.06. The Labute approximate surface area is 70.5 Å². The minimum absolute atomic E-state index is 0.872. The maximum Gasteiger partial charge on any atom is 0.0684 e. The molecule has 0 N–H and O–H groups in total. The zero-order valence-electron chi connectivity index (χ0n) is 8.10. The molecule has 0 radical (unpaired) electrons. The number of hydrogen-bond donors (Lipinski definition) is 0. The molecule has 2 nitrogen and oxygen atoms in total. The minimum atomic E-state index is 0.872. The highest BCUT2D eigenvalue weighted by molar-refractivity contribution is 4.40. The molecule has 0 bridgehead atoms. The Balaban J connectivity index is 2.80. The van der Waals surface area contributed by atoms with Gasteiger partial charge in [0.15, 0.2) is 0 Å². The van der Waals surface area contributed by atoms with Crippen LogP contribution in [0.1, 0.15) is 39.0 Å². The van der Waals surface area contributed by atoms with Crippen molar-refractivity contribution in [3.63, 3.8) is 0 Å². The summed E-state index contributed by atoms with van der Waals surface area (Å²) < 4.78 is 0. The molecule has 0 rings (SSSR count). The molecule has 0 heterocycles. The summed E-state index contributed by atoms with van der Waals surface area (Å²) in [4.78, 5) is 5.26. The van der Waals surface area contributed by atoms with Crippen molar-refractivity contribution in [2.75, 3.05) is 20.7 Å². The standard InChI is InChI=1S/C9H21NO/c1-4-5-6-7-8-9-11-10(2)3/h4-9H2,1-3H3. The summed E-state index contributed by atoms with van der Waals surface area (Å²) in [5.74, 6) is 0. The molecular formula is C9H21NO. The Bertz CT molecular complexity index is 74.0. The first-order valence-electron chi connectivity index (χ1n) is 4.57.